The van der Waals surface area contributed by atoms with Gasteiger partial charge in [-0.05, 0) is 56.6 Å². The number of likely N-dealkylation sites (N-methyl/N-ethyl adjacent to an activating group) is 1. The van der Waals surface area contributed by atoms with Crippen LogP contribution in [0.15, 0.2) is 0 Å². The Kier molecular flexibility index (Phi) is 4.98. The Balaban J connectivity index is 1.96. The van der Waals surface area contributed by atoms with E-state index in [0.29, 0.717) is 12.5 Å². The van der Waals surface area contributed by atoms with E-state index in [2.05, 4.69) is 12.2 Å². The van der Waals surface area contributed by atoms with E-state index in [4.69, 9.17) is 4.74 Å². The number of rotatable bonds is 4. The van der Waals surface area contributed by atoms with E-state index in [1.54, 1.807) is 0 Å². The van der Waals surface area contributed by atoms with Crippen molar-refractivity contribution in [1.82, 2.24) is 5.32 Å². The van der Waals surface area contributed by atoms with E-state index in [1.807, 2.05) is 18.7 Å². The molecule has 2 fully saturated rings. The topological polar surface area (TPSA) is 41.5 Å². The van der Waals surface area contributed by atoms with Gasteiger partial charge in [-0.3, -0.25) is 0 Å². The molecule has 1 spiro atoms. The van der Waals surface area contributed by atoms with Gasteiger partial charge in [-0.25, -0.2) is 0 Å². The summed E-state index contributed by atoms with van der Waals surface area (Å²) in [5.41, 5.74) is -0.526. The Morgan fingerprint density at radius 3 is 2.83 bits per heavy atom. The van der Waals surface area contributed by atoms with Crippen LogP contribution in [0.3, 0.4) is 0 Å². The first-order chi connectivity index (χ1) is 8.58. The molecule has 0 aromatic carbocycles. The van der Waals surface area contributed by atoms with Crippen molar-refractivity contribution in [3.63, 3.8) is 0 Å². The van der Waals surface area contributed by atoms with E-state index < -0.39 is 5.60 Å². The molecule has 0 amide bonds. The van der Waals surface area contributed by atoms with E-state index in [1.165, 1.54) is 11.5 Å². The summed E-state index contributed by atoms with van der Waals surface area (Å²) in [7, 11) is 0. The molecule has 18 heavy (non-hydrogen) atoms. The Morgan fingerprint density at radius 1 is 1.44 bits per heavy atom. The Hall–Kier alpha value is 0.230. The van der Waals surface area contributed by atoms with Gasteiger partial charge in [-0.2, -0.15) is 11.8 Å². The highest BCUT2D eigenvalue weighted by Gasteiger charge is 2.44. The summed E-state index contributed by atoms with van der Waals surface area (Å²) in [5, 5.41) is 13.9. The van der Waals surface area contributed by atoms with Crippen LogP contribution in [0.2, 0.25) is 0 Å². The third-order valence-corrected chi connectivity index (χ3v) is 5.49. The van der Waals surface area contributed by atoms with Crippen molar-refractivity contribution in [1.29, 1.82) is 0 Å². The zero-order valence-electron chi connectivity index (χ0n) is 11.7. The molecule has 0 aliphatic carbocycles. The van der Waals surface area contributed by atoms with Crippen molar-refractivity contribution >= 4 is 11.8 Å². The second-order valence-corrected chi connectivity index (χ2v) is 7.20. The maximum absolute atomic E-state index is 10.7. The van der Waals surface area contributed by atoms with Gasteiger partial charge in [0.2, 0.25) is 0 Å². The fourth-order valence-electron chi connectivity index (χ4n) is 3.17. The smallest absolute Gasteiger partial charge is 0.0773 e. The molecule has 4 heteroatoms. The molecule has 2 aliphatic heterocycles. The van der Waals surface area contributed by atoms with Crippen LogP contribution in [0.25, 0.3) is 0 Å². The molecule has 0 radical (unpaired) electrons. The molecule has 2 unspecified atom stereocenters. The third kappa shape index (κ3) is 3.41. The van der Waals surface area contributed by atoms with Crippen LogP contribution in [0, 0.1) is 5.92 Å². The summed E-state index contributed by atoms with van der Waals surface area (Å²) < 4.78 is 6.09. The molecule has 106 valence electrons. The van der Waals surface area contributed by atoms with Crippen LogP contribution in [0.4, 0.5) is 0 Å². The van der Waals surface area contributed by atoms with E-state index in [0.717, 1.165) is 38.8 Å². The molecule has 0 aromatic heterocycles. The molecule has 2 rings (SSSR count). The highest BCUT2D eigenvalue weighted by atomic mass is 32.2. The maximum atomic E-state index is 10.7. The average Bonchev–Trinajstić information content (AvgIpc) is 2.37. The summed E-state index contributed by atoms with van der Waals surface area (Å²) >= 11 is 2.03. The van der Waals surface area contributed by atoms with Crippen molar-refractivity contribution in [2.45, 2.75) is 50.7 Å². The van der Waals surface area contributed by atoms with Crippen LogP contribution in [0.5, 0.6) is 0 Å². The Bertz CT molecular complexity index is 259. The molecule has 0 aromatic rings. The monoisotopic (exact) mass is 273 g/mol. The van der Waals surface area contributed by atoms with Gasteiger partial charge in [-0.15, -0.1) is 0 Å². The van der Waals surface area contributed by atoms with Crippen molar-refractivity contribution in [3.8, 4) is 0 Å². The largest absolute Gasteiger partial charge is 0.389 e. The lowest BCUT2D eigenvalue weighted by atomic mass is 9.74. The lowest BCUT2D eigenvalue weighted by Gasteiger charge is -2.47. The standard InChI is InChI=1S/C14H27NO2S/c1-3-15-11-13(2,16)12-4-7-17-14(10-12)5-8-18-9-6-14/h12,15-16H,3-11H2,1-2H3. The van der Waals surface area contributed by atoms with Crippen LogP contribution >= 0.6 is 11.8 Å². The summed E-state index contributed by atoms with van der Waals surface area (Å²) in [6.45, 7) is 6.49. The number of thioether (sulfide) groups is 1. The molecular formula is C14H27NO2S. The highest BCUT2D eigenvalue weighted by molar-refractivity contribution is 7.99. The van der Waals surface area contributed by atoms with Crippen LogP contribution in [0.1, 0.15) is 39.5 Å². The first-order valence-electron chi connectivity index (χ1n) is 7.23. The fourth-order valence-corrected chi connectivity index (χ4v) is 4.41. The fraction of sp³-hybridized carbons (Fsp3) is 1.00. The average molecular weight is 273 g/mol. The predicted molar refractivity (Wildman–Crippen MR) is 77.1 cm³/mol. The first kappa shape index (κ1) is 14.6. The van der Waals surface area contributed by atoms with Gasteiger partial charge in [0.1, 0.15) is 0 Å². The second kappa shape index (κ2) is 6.12. The van der Waals surface area contributed by atoms with E-state index in [-0.39, 0.29) is 5.60 Å². The highest BCUT2D eigenvalue weighted by Crippen LogP contribution is 2.42. The summed E-state index contributed by atoms with van der Waals surface area (Å²) in [5.74, 6) is 2.79. The van der Waals surface area contributed by atoms with E-state index in [9.17, 15) is 5.11 Å². The first-order valence-corrected chi connectivity index (χ1v) is 8.38. The minimum Gasteiger partial charge on any atom is -0.389 e. The molecule has 2 saturated heterocycles. The maximum Gasteiger partial charge on any atom is 0.0773 e. The molecule has 2 atom stereocenters. The van der Waals surface area contributed by atoms with Crippen molar-refractivity contribution < 1.29 is 9.84 Å². The van der Waals surface area contributed by atoms with Gasteiger partial charge < -0.3 is 15.2 Å². The summed E-state index contributed by atoms with van der Waals surface area (Å²) in [6, 6.07) is 0. The van der Waals surface area contributed by atoms with Crippen molar-refractivity contribution in [2.75, 3.05) is 31.2 Å². The predicted octanol–water partition coefficient (Wildman–Crippen LogP) is 2.04. The van der Waals surface area contributed by atoms with Gasteiger partial charge in [-0.1, -0.05) is 6.92 Å². The number of aliphatic hydroxyl groups is 1. The second-order valence-electron chi connectivity index (χ2n) is 5.97. The third-order valence-electron chi connectivity index (χ3n) is 4.51. The van der Waals surface area contributed by atoms with Gasteiger partial charge in [0.15, 0.2) is 0 Å². The Morgan fingerprint density at radius 2 is 2.17 bits per heavy atom. The zero-order valence-corrected chi connectivity index (χ0v) is 12.5. The van der Waals surface area contributed by atoms with Crippen molar-refractivity contribution in [2.24, 2.45) is 5.92 Å². The normalized spacial score (nSPS) is 31.2. The van der Waals surface area contributed by atoms with Gasteiger partial charge in [0.25, 0.3) is 0 Å². The van der Waals surface area contributed by atoms with Crippen LogP contribution in [-0.2, 0) is 4.74 Å². The lowest BCUT2D eigenvalue weighted by Crippen LogP contribution is -2.52. The van der Waals surface area contributed by atoms with Gasteiger partial charge in [0.05, 0.1) is 11.2 Å². The quantitative estimate of drug-likeness (QED) is 0.822. The summed E-state index contributed by atoms with van der Waals surface area (Å²) in [6.07, 6.45) is 4.34. The number of hydrogen-bond acceptors (Lipinski definition) is 4. The van der Waals surface area contributed by atoms with Gasteiger partial charge in [0, 0.05) is 13.2 Å². The SMILES string of the molecule is CCNCC(C)(O)C1CCOC2(CCSCC2)C1. The molecule has 2 aliphatic rings. The number of nitrogens with one attached hydrogen (secondary N) is 1. The number of hydrogen-bond donors (Lipinski definition) is 2. The lowest BCUT2D eigenvalue weighted by molar-refractivity contribution is -0.141. The number of ether oxygens (including phenoxy) is 1. The Labute approximate surface area is 115 Å². The molecular weight excluding hydrogens is 246 g/mol. The molecule has 0 bridgehead atoms. The van der Waals surface area contributed by atoms with Gasteiger partial charge >= 0.3 is 0 Å². The van der Waals surface area contributed by atoms with Crippen molar-refractivity contribution in [3.05, 3.63) is 0 Å². The van der Waals surface area contributed by atoms with Crippen LogP contribution < -0.4 is 5.32 Å². The summed E-state index contributed by atoms with van der Waals surface area (Å²) in [4.78, 5) is 0. The molecule has 2 N–H and O–H groups in total. The van der Waals surface area contributed by atoms with Crippen LogP contribution in [-0.4, -0.2) is 47.5 Å². The van der Waals surface area contributed by atoms with E-state index >= 15 is 0 Å². The minimum absolute atomic E-state index is 0.0738. The molecule has 3 nitrogen and oxygen atoms in total. The zero-order chi connectivity index (χ0) is 13.1. The minimum atomic E-state index is -0.600. The molecule has 2 heterocycles. The molecule has 0 saturated carbocycles.